The van der Waals surface area contributed by atoms with E-state index in [9.17, 15) is 9.59 Å². The van der Waals surface area contributed by atoms with E-state index in [2.05, 4.69) is 0 Å². The third-order valence-electron chi connectivity index (χ3n) is 3.07. The zero-order valence-electron chi connectivity index (χ0n) is 10.5. The van der Waals surface area contributed by atoms with Gasteiger partial charge in [-0.15, -0.1) is 0 Å². The summed E-state index contributed by atoms with van der Waals surface area (Å²) in [6.45, 7) is 1.50. The second kappa shape index (κ2) is 7.27. The summed E-state index contributed by atoms with van der Waals surface area (Å²) in [6, 6.07) is 0. The molecule has 1 N–H and O–H groups in total. The summed E-state index contributed by atoms with van der Waals surface area (Å²) >= 11 is 0. The molecule has 1 aliphatic rings. The van der Waals surface area contributed by atoms with E-state index in [-0.39, 0.29) is 25.0 Å². The first-order valence-corrected chi connectivity index (χ1v) is 6.27. The van der Waals surface area contributed by atoms with Gasteiger partial charge in [-0.05, 0) is 19.3 Å². The fourth-order valence-electron chi connectivity index (χ4n) is 1.92. The highest BCUT2D eigenvalue weighted by Crippen LogP contribution is 2.11. The van der Waals surface area contributed by atoms with Crippen LogP contribution < -0.4 is 0 Å². The lowest BCUT2D eigenvalue weighted by molar-refractivity contribution is -0.139. The maximum Gasteiger partial charge on any atom is 0.241 e. The normalized spacial score (nSPS) is 16.8. The minimum Gasteiger partial charge on any atom is -0.396 e. The Kier molecular flexibility index (Phi) is 5.97. The van der Waals surface area contributed by atoms with Gasteiger partial charge in [0.25, 0.3) is 0 Å². The van der Waals surface area contributed by atoms with Crippen molar-refractivity contribution < 1.29 is 14.7 Å². The molecule has 98 valence electrons. The fraction of sp³-hybridized carbons (Fsp3) is 0.833. The molecule has 5 heteroatoms. The van der Waals surface area contributed by atoms with E-state index < -0.39 is 0 Å². The summed E-state index contributed by atoms with van der Waals surface area (Å²) in [6.07, 6.45) is 4.13. The molecule has 1 fully saturated rings. The number of aliphatic hydroxyl groups excluding tert-OH is 1. The van der Waals surface area contributed by atoms with Gasteiger partial charge in [0, 0.05) is 33.2 Å². The maximum atomic E-state index is 11.8. The van der Waals surface area contributed by atoms with Crippen LogP contribution in [0.4, 0.5) is 0 Å². The van der Waals surface area contributed by atoms with Gasteiger partial charge in [0.15, 0.2) is 0 Å². The predicted molar refractivity (Wildman–Crippen MR) is 64.4 cm³/mol. The molecule has 0 radical (unpaired) electrons. The van der Waals surface area contributed by atoms with E-state index >= 15 is 0 Å². The number of nitrogens with zero attached hydrogens (tertiary/aromatic N) is 2. The lowest BCUT2D eigenvalue weighted by atomic mass is 10.2. The third kappa shape index (κ3) is 4.73. The molecule has 1 aliphatic heterocycles. The lowest BCUT2D eigenvalue weighted by Crippen LogP contribution is -2.41. The average Bonchev–Trinajstić information content (AvgIpc) is 2.52. The van der Waals surface area contributed by atoms with Crippen LogP contribution in [0.3, 0.4) is 0 Å². The Morgan fingerprint density at radius 3 is 2.88 bits per heavy atom. The molecule has 0 aromatic carbocycles. The number of likely N-dealkylation sites (N-methyl/N-ethyl adjacent to an activating group) is 1. The molecule has 0 unspecified atom stereocenters. The van der Waals surface area contributed by atoms with Crippen molar-refractivity contribution in [2.45, 2.75) is 32.1 Å². The summed E-state index contributed by atoms with van der Waals surface area (Å²) in [5, 5.41) is 8.70. The molecule has 0 aliphatic carbocycles. The van der Waals surface area contributed by atoms with E-state index in [0.29, 0.717) is 25.9 Å². The van der Waals surface area contributed by atoms with E-state index in [1.165, 1.54) is 0 Å². The molecule has 5 nitrogen and oxygen atoms in total. The number of carbonyl (C=O) groups excluding carboxylic acids is 2. The number of hydrogen-bond donors (Lipinski definition) is 1. The van der Waals surface area contributed by atoms with Crippen LogP contribution in [0.25, 0.3) is 0 Å². The first-order valence-electron chi connectivity index (χ1n) is 6.27. The third-order valence-corrected chi connectivity index (χ3v) is 3.07. The quantitative estimate of drug-likeness (QED) is 0.750. The molecule has 0 aromatic heterocycles. The SMILES string of the molecule is CN(CCCO)C(=O)CN1CCCCCC1=O. The van der Waals surface area contributed by atoms with E-state index in [1.807, 2.05) is 0 Å². The topological polar surface area (TPSA) is 60.9 Å². The molecule has 0 spiro atoms. The molecule has 0 saturated carbocycles. The standard InChI is InChI=1S/C12H22N2O3/c1-13(7-5-9-15)12(17)10-14-8-4-2-3-6-11(14)16/h15H,2-10H2,1H3. The van der Waals surface area contributed by atoms with Gasteiger partial charge < -0.3 is 14.9 Å². The summed E-state index contributed by atoms with van der Waals surface area (Å²) in [5.74, 6) is 0.0418. The summed E-state index contributed by atoms with van der Waals surface area (Å²) in [4.78, 5) is 26.8. The molecule has 1 heterocycles. The van der Waals surface area contributed by atoms with Gasteiger partial charge in [0.1, 0.15) is 0 Å². The van der Waals surface area contributed by atoms with Gasteiger partial charge in [-0.25, -0.2) is 0 Å². The van der Waals surface area contributed by atoms with Gasteiger partial charge in [-0.2, -0.15) is 0 Å². The van der Waals surface area contributed by atoms with Crippen LogP contribution in [0.1, 0.15) is 32.1 Å². The Labute approximate surface area is 102 Å². The van der Waals surface area contributed by atoms with E-state index in [0.717, 1.165) is 19.3 Å². The van der Waals surface area contributed by atoms with Crippen LogP contribution in [0, 0.1) is 0 Å². The molecule has 0 bridgehead atoms. The lowest BCUT2D eigenvalue weighted by Gasteiger charge is -2.23. The molecule has 2 amide bonds. The zero-order valence-corrected chi connectivity index (χ0v) is 10.5. The first kappa shape index (κ1) is 14.0. The van der Waals surface area contributed by atoms with Crippen LogP contribution in [-0.2, 0) is 9.59 Å². The molecule has 0 atom stereocenters. The van der Waals surface area contributed by atoms with Crippen molar-refractivity contribution in [1.82, 2.24) is 9.80 Å². The highest BCUT2D eigenvalue weighted by Gasteiger charge is 2.20. The van der Waals surface area contributed by atoms with Gasteiger partial charge in [0.05, 0.1) is 6.54 Å². The fourth-order valence-corrected chi connectivity index (χ4v) is 1.92. The van der Waals surface area contributed by atoms with Crippen molar-refractivity contribution >= 4 is 11.8 Å². The molecule has 1 saturated heterocycles. The number of aliphatic hydroxyl groups is 1. The van der Waals surface area contributed by atoms with E-state index in [4.69, 9.17) is 5.11 Å². The highest BCUT2D eigenvalue weighted by molar-refractivity contribution is 5.84. The molecular formula is C12H22N2O3. The number of amides is 2. The molecular weight excluding hydrogens is 220 g/mol. The van der Waals surface area contributed by atoms with Crippen molar-refractivity contribution in [3.8, 4) is 0 Å². The predicted octanol–water partition coefficient (Wildman–Crippen LogP) is 0.230. The Bertz CT molecular complexity index is 268. The van der Waals surface area contributed by atoms with Crippen LogP contribution in [0.15, 0.2) is 0 Å². The second-order valence-corrected chi connectivity index (χ2v) is 4.52. The van der Waals surface area contributed by atoms with Gasteiger partial charge in [-0.1, -0.05) is 6.42 Å². The number of likely N-dealkylation sites (tertiary alicyclic amines) is 1. The van der Waals surface area contributed by atoms with E-state index in [1.54, 1.807) is 16.8 Å². The molecule has 17 heavy (non-hydrogen) atoms. The Morgan fingerprint density at radius 1 is 1.41 bits per heavy atom. The van der Waals surface area contributed by atoms with Crippen molar-refractivity contribution in [2.24, 2.45) is 0 Å². The summed E-state index contributed by atoms with van der Waals surface area (Å²) in [5.41, 5.74) is 0. The van der Waals surface area contributed by atoms with Gasteiger partial charge in [-0.3, -0.25) is 9.59 Å². The van der Waals surface area contributed by atoms with Crippen LogP contribution in [0.2, 0.25) is 0 Å². The zero-order chi connectivity index (χ0) is 12.7. The van der Waals surface area contributed by atoms with Crippen molar-refractivity contribution in [3.63, 3.8) is 0 Å². The molecule has 1 rings (SSSR count). The number of carbonyl (C=O) groups is 2. The average molecular weight is 242 g/mol. The van der Waals surface area contributed by atoms with Gasteiger partial charge >= 0.3 is 0 Å². The van der Waals surface area contributed by atoms with Crippen LogP contribution in [-0.4, -0.2) is 60.0 Å². The largest absolute Gasteiger partial charge is 0.396 e. The summed E-state index contributed by atoms with van der Waals surface area (Å²) in [7, 11) is 1.71. The van der Waals surface area contributed by atoms with Crippen molar-refractivity contribution in [2.75, 3.05) is 33.3 Å². The number of hydrogen-bond acceptors (Lipinski definition) is 3. The highest BCUT2D eigenvalue weighted by atomic mass is 16.3. The summed E-state index contributed by atoms with van der Waals surface area (Å²) < 4.78 is 0. The van der Waals surface area contributed by atoms with Gasteiger partial charge in [0.2, 0.25) is 11.8 Å². The van der Waals surface area contributed by atoms with Crippen molar-refractivity contribution in [1.29, 1.82) is 0 Å². The minimum atomic E-state index is -0.0475. The van der Waals surface area contributed by atoms with Crippen molar-refractivity contribution in [3.05, 3.63) is 0 Å². The first-order chi connectivity index (χ1) is 8.15. The Hall–Kier alpha value is -1.10. The number of rotatable bonds is 5. The maximum absolute atomic E-state index is 11.8. The smallest absolute Gasteiger partial charge is 0.241 e. The van der Waals surface area contributed by atoms with Crippen LogP contribution >= 0.6 is 0 Å². The monoisotopic (exact) mass is 242 g/mol. The van der Waals surface area contributed by atoms with Crippen LogP contribution in [0.5, 0.6) is 0 Å². The second-order valence-electron chi connectivity index (χ2n) is 4.52. The molecule has 0 aromatic rings. The minimum absolute atomic E-state index is 0.0475. The Morgan fingerprint density at radius 2 is 2.18 bits per heavy atom. The Balaban J connectivity index is 2.40.